The van der Waals surface area contributed by atoms with E-state index in [-0.39, 0.29) is 18.2 Å². The van der Waals surface area contributed by atoms with Crippen molar-refractivity contribution in [2.75, 3.05) is 36.4 Å². The lowest BCUT2D eigenvalue weighted by Gasteiger charge is -2.35. The third kappa shape index (κ3) is 3.50. The van der Waals surface area contributed by atoms with Crippen LogP contribution in [0.25, 0.3) is 0 Å². The first-order chi connectivity index (χ1) is 10.6. The van der Waals surface area contributed by atoms with Gasteiger partial charge in [-0.05, 0) is 38.8 Å². The second kappa shape index (κ2) is 6.52. The van der Waals surface area contributed by atoms with Gasteiger partial charge in [0, 0.05) is 26.2 Å². The predicted molar refractivity (Wildman–Crippen MR) is 86.3 cm³/mol. The van der Waals surface area contributed by atoms with Crippen LogP contribution < -0.4 is 10.2 Å². The number of hydrogen-bond acceptors (Lipinski definition) is 4. The summed E-state index contributed by atoms with van der Waals surface area (Å²) in [4.78, 5) is 20.9. The van der Waals surface area contributed by atoms with Crippen molar-refractivity contribution in [3.8, 4) is 0 Å². The lowest BCUT2D eigenvalue weighted by molar-refractivity contribution is -0.0530. The Morgan fingerprint density at radius 2 is 1.91 bits per heavy atom. The Hall–Kier alpha value is -1.82. The molecular formula is C16H24N4O2. The summed E-state index contributed by atoms with van der Waals surface area (Å²) < 4.78 is 5.65. The molecule has 2 saturated heterocycles. The fraction of sp³-hybridized carbons (Fsp3) is 0.625. The van der Waals surface area contributed by atoms with Crippen LogP contribution in [0.15, 0.2) is 18.3 Å². The van der Waals surface area contributed by atoms with Gasteiger partial charge in [0.05, 0.1) is 24.1 Å². The third-order valence-corrected chi connectivity index (χ3v) is 4.14. The fourth-order valence-electron chi connectivity index (χ4n) is 3.14. The largest absolute Gasteiger partial charge is 0.372 e. The number of carbonyl (C=O) groups is 1. The van der Waals surface area contributed by atoms with E-state index in [0.717, 1.165) is 24.6 Å². The highest BCUT2D eigenvalue weighted by Crippen LogP contribution is 2.19. The summed E-state index contributed by atoms with van der Waals surface area (Å²) in [5, 5.41) is 2.92. The highest BCUT2D eigenvalue weighted by Gasteiger charge is 2.25. The van der Waals surface area contributed by atoms with Crippen molar-refractivity contribution in [3.05, 3.63) is 18.3 Å². The second-order valence-corrected chi connectivity index (χ2v) is 6.19. The smallest absolute Gasteiger partial charge is 0.322 e. The van der Waals surface area contributed by atoms with Crippen LogP contribution in [0, 0.1) is 0 Å². The van der Waals surface area contributed by atoms with E-state index in [9.17, 15) is 4.79 Å². The van der Waals surface area contributed by atoms with Gasteiger partial charge in [0.15, 0.2) is 0 Å². The molecule has 2 aliphatic heterocycles. The van der Waals surface area contributed by atoms with Gasteiger partial charge in [0.2, 0.25) is 0 Å². The van der Waals surface area contributed by atoms with Gasteiger partial charge in [-0.3, -0.25) is 0 Å². The molecule has 0 radical (unpaired) electrons. The van der Waals surface area contributed by atoms with Crippen molar-refractivity contribution < 1.29 is 9.53 Å². The maximum Gasteiger partial charge on any atom is 0.322 e. The average molecular weight is 304 g/mol. The molecule has 22 heavy (non-hydrogen) atoms. The molecule has 6 nitrogen and oxygen atoms in total. The number of pyridine rings is 1. The first-order valence-corrected chi connectivity index (χ1v) is 8.04. The van der Waals surface area contributed by atoms with Crippen LogP contribution in [-0.2, 0) is 4.74 Å². The number of aromatic nitrogens is 1. The van der Waals surface area contributed by atoms with Gasteiger partial charge in [-0.15, -0.1) is 0 Å². The lowest BCUT2D eigenvalue weighted by atomic mass is 10.2. The predicted octanol–water partition coefficient (Wildman–Crippen LogP) is 2.32. The maximum atomic E-state index is 12.3. The molecular weight excluding hydrogens is 280 g/mol. The summed E-state index contributed by atoms with van der Waals surface area (Å²) >= 11 is 0. The molecule has 0 bridgehead atoms. The van der Waals surface area contributed by atoms with Crippen molar-refractivity contribution in [1.82, 2.24) is 9.88 Å². The van der Waals surface area contributed by atoms with Crippen LogP contribution in [0.3, 0.4) is 0 Å². The number of morpholine rings is 1. The summed E-state index contributed by atoms with van der Waals surface area (Å²) in [7, 11) is 0. The van der Waals surface area contributed by atoms with Crippen molar-refractivity contribution in [3.63, 3.8) is 0 Å². The van der Waals surface area contributed by atoms with Gasteiger partial charge < -0.3 is 19.9 Å². The van der Waals surface area contributed by atoms with E-state index in [0.29, 0.717) is 13.1 Å². The molecule has 3 heterocycles. The molecule has 1 aromatic heterocycles. The Balaban J connectivity index is 1.59. The molecule has 0 aromatic carbocycles. The number of anilines is 2. The van der Waals surface area contributed by atoms with Gasteiger partial charge in [-0.2, -0.15) is 0 Å². The number of hydrogen-bond donors (Lipinski definition) is 1. The number of ether oxygens (including phenoxy) is 1. The molecule has 2 aliphatic rings. The molecule has 1 aromatic rings. The van der Waals surface area contributed by atoms with Gasteiger partial charge >= 0.3 is 6.03 Å². The van der Waals surface area contributed by atoms with Crippen LogP contribution in [0.1, 0.15) is 26.7 Å². The molecule has 2 atom stereocenters. The van der Waals surface area contributed by atoms with Crippen LogP contribution >= 0.6 is 0 Å². The highest BCUT2D eigenvalue weighted by molar-refractivity contribution is 5.89. The molecule has 120 valence electrons. The van der Waals surface area contributed by atoms with Gasteiger partial charge in [0.25, 0.3) is 0 Å². The Kier molecular flexibility index (Phi) is 4.47. The zero-order valence-electron chi connectivity index (χ0n) is 13.3. The number of urea groups is 1. The quantitative estimate of drug-likeness (QED) is 0.911. The molecule has 2 amide bonds. The Bertz CT molecular complexity index is 503. The zero-order chi connectivity index (χ0) is 15.5. The average Bonchev–Trinajstić information content (AvgIpc) is 3.01. The van der Waals surface area contributed by atoms with E-state index in [4.69, 9.17) is 4.74 Å². The molecule has 0 aliphatic carbocycles. The minimum Gasteiger partial charge on any atom is -0.372 e. The molecule has 6 heteroatoms. The Morgan fingerprint density at radius 1 is 1.23 bits per heavy atom. The van der Waals surface area contributed by atoms with Gasteiger partial charge in [-0.25, -0.2) is 9.78 Å². The van der Waals surface area contributed by atoms with E-state index in [2.05, 4.69) is 15.2 Å². The van der Waals surface area contributed by atoms with Crippen LogP contribution in [0.2, 0.25) is 0 Å². The minimum atomic E-state index is -0.0854. The summed E-state index contributed by atoms with van der Waals surface area (Å²) in [5.41, 5.74) is 0.736. The van der Waals surface area contributed by atoms with Crippen molar-refractivity contribution in [1.29, 1.82) is 0 Å². The summed E-state index contributed by atoms with van der Waals surface area (Å²) in [6.45, 7) is 7.36. The van der Waals surface area contributed by atoms with E-state index >= 15 is 0 Å². The van der Waals surface area contributed by atoms with Crippen LogP contribution in [0.4, 0.5) is 16.3 Å². The topological polar surface area (TPSA) is 57.7 Å². The summed E-state index contributed by atoms with van der Waals surface area (Å²) in [5.74, 6) is 0.990. The first kappa shape index (κ1) is 15.1. The molecule has 0 spiro atoms. The fourth-order valence-corrected chi connectivity index (χ4v) is 3.14. The van der Waals surface area contributed by atoms with Gasteiger partial charge in [0.1, 0.15) is 5.82 Å². The number of carbonyl (C=O) groups excluding carboxylic acids is 1. The lowest BCUT2D eigenvalue weighted by Crippen LogP contribution is -2.49. The summed E-state index contributed by atoms with van der Waals surface area (Å²) in [6.07, 6.45) is 4.34. The Labute approximate surface area is 131 Å². The van der Waals surface area contributed by atoms with E-state index < -0.39 is 0 Å². The van der Waals surface area contributed by atoms with Crippen molar-refractivity contribution >= 4 is 17.5 Å². The van der Waals surface area contributed by atoms with E-state index in [1.165, 1.54) is 12.8 Å². The maximum absolute atomic E-state index is 12.3. The van der Waals surface area contributed by atoms with E-state index in [1.807, 2.05) is 26.0 Å². The third-order valence-electron chi connectivity index (χ3n) is 4.14. The normalized spacial score (nSPS) is 25.4. The zero-order valence-corrected chi connectivity index (χ0v) is 13.3. The number of amides is 2. The second-order valence-electron chi connectivity index (χ2n) is 6.19. The number of nitrogens with zero attached hydrogens (tertiary/aromatic N) is 3. The monoisotopic (exact) mass is 304 g/mol. The Morgan fingerprint density at radius 3 is 2.50 bits per heavy atom. The van der Waals surface area contributed by atoms with Gasteiger partial charge in [-0.1, -0.05) is 0 Å². The molecule has 1 N–H and O–H groups in total. The van der Waals surface area contributed by atoms with Crippen molar-refractivity contribution in [2.24, 2.45) is 0 Å². The molecule has 0 saturated carbocycles. The standard InChI is InChI=1S/C16H24N4O2/c1-12-10-20(11-13(2)22-12)16(21)18-14-5-6-15(17-9-14)19-7-3-4-8-19/h5-6,9,12-13H,3-4,7-8,10-11H2,1-2H3,(H,18,21)/t12-,13-/m1/s1. The molecule has 2 fully saturated rings. The summed E-state index contributed by atoms with van der Waals surface area (Å²) in [6, 6.07) is 3.81. The highest BCUT2D eigenvalue weighted by atomic mass is 16.5. The molecule has 3 rings (SSSR count). The SMILES string of the molecule is C[C@@H]1CN(C(=O)Nc2ccc(N3CCCC3)nc2)C[C@@H](C)O1. The molecule has 0 unspecified atom stereocenters. The number of nitrogens with one attached hydrogen (secondary N) is 1. The first-order valence-electron chi connectivity index (χ1n) is 8.04. The minimum absolute atomic E-state index is 0.0742. The van der Waals surface area contributed by atoms with Crippen LogP contribution in [-0.4, -0.2) is 54.3 Å². The van der Waals surface area contributed by atoms with Crippen molar-refractivity contribution in [2.45, 2.75) is 38.9 Å². The van der Waals surface area contributed by atoms with Crippen LogP contribution in [0.5, 0.6) is 0 Å². The number of rotatable bonds is 2. The van der Waals surface area contributed by atoms with E-state index in [1.54, 1.807) is 11.1 Å².